The van der Waals surface area contributed by atoms with Gasteiger partial charge >= 0.3 is 18.1 Å². The number of alkyl halides is 3. The molecule has 1 unspecified atom stereocenters. The van der Waals surface area contributed by atoms with Gasteiger partial charge in [0, 0.05) is 0 Å². The van der Waals surface area contributed by atoms with Crippen LogP contribution >= 0.6 is 0 Å². The Labute approximate surface area is 128 Å². The average Bonchev–Trinajstić information content (AvgIpc) is 2.44. The first kappa shape index (κ1) is 18.5. The number of ketones is 1. The molecular weight excluding hydrogens is 321 g/mol. The Morgan fingerprint density at radius 2 is 1.74 bits per heavy atom. The summed E-state index contributed by atoms with van der Waals surface area (Å²) in [7, 11) is 0. The topological polar surface area (TPSA) is 89.9 Å². The second kappa shape index (κ2) is 7.61. The lowest BCUT2D eigenvalue weighted by Gasteiger charge is -2.14. The first-order valence-corrected chi connectivity index (χ1v) is 6.35. The molecule has 6 nitrogen and oxygen atoms in total. The lowest BCUT2D eigenvalue weighted by Crippen LogP contribution is -2.24. The number of hydrogen-bond acceptors (Lipinski definition) is 5. The summed E-state index contributed by atoms with van der Waals surface area (Å²) < 4.78 is 46.8. The van der Waals surface area contributed by atoms with Crippen LogP contribution in [0.5, 0.6) is 5.75 Å². The number of ether oxygens (including phenoxy) is 2. The number of carbonyl (C=O) groups is 3. The van der Waals surface area contributed by atoms with Crippen LogP contribution in [0, 0.1) is 0 Å². The van der Waals surface area contributed by atoms with E-state index in [-0.39, 0.29) is 12.2 Å². The largest absolute Gasteiger partial charge is 0.490 e. The molecule has 0 radical (unpaired) electrons. The number of esters is 1. The number of hydrogen-bond donors (Lipinski definition) is 1. The van der Waals surface area contributed by atoms with Crippen LogP contribution in [0.25, 0.3) is 0 Å². The van der Waals surface area contributed by atoms with Gasteiger partial charge in [0.2, 0.25) is 0 Å². The second-order valence-corrected chi connectivity index (χ2v) is 4.54. The minimum absolute atomic E-state index is 0.125. The van der Waals surface area contributed by atoms with E-state index in [9.17, 15) is 27.6 Å². The number of carbonyl (C=O) groups excluding carboxylic acids is 2. The van der Waals surface area contributed by atoms with E-state index in [4.69, 9.17) is 9.84 Å². The van der Waals surface area contributed by atoms with Gasteiger partial charge in [-0.3, -0.25) is 9.59 Å². The van der Waals surface area contributed by atoms with Crippen molar-refractivity contribution in [1.29, 1.82) is 0 Å². The standard InChI is InChI=1S/C14H13F3O6/c1-8(6-12(19)22-7-11(18)13(20)21)23-10-4-2-9(3-5-10)14(15,16)17/h2-5,8H,6-7H2,1H3,(H,20,21). The van der Waals surface area contributed by atoms with E-state index in [0.717, 1.165) is 24.3 Å². The summed E-state index contributed by atoms with van der Waals surface area (Å²) in [5.41, 5.74) is -0.830. The number of rotatable bonds is 7. The highest BCUT2D eigenvalue weighted by molar-refractivity contribution is 6.33. The van der Waals surface area contributed by atoms with Crippen molar-refractivity contribution in [3.8, 4) is 5.75 Å². The Kier molecular flexibility index (Phi) is 6.11. The second-order valence-electron chi connectivity index (χ2n) is 4.54. The first-order chi connectivity index (χ1) is 10.6. The van der Waals surface area contributed by atoms with Gasteiger partial charge in [-0.05, 0) is 31.2 Å². The van der Waals surface area contributed by atoms with Gasteiger partial charge in [-0.2, -0.15) is 13.2 Å². The zero-order chi connectivity index (χ0) is 17.6. The molecule has 1 N–H and O–H groups in total. The van der Waals surface area contributed by atoms with Gasteiger partial charge in [0.15, 0.2) is 6.61 Å². The van der Waals surface area contributed by atoms with E-state index in [1.165, 1.54) is 6.92 Å². The molecule has 0 aliphatic heterocycles. The summed E-state index contributed by atoms with van der Waals surface area (Å²) in [5, 5.41) is 8.31. The Morgan fingerprint density at radius 1 is 1.17 bits per heavy atom. The smallest absolute Gasteiger partial charge is 0.416 e. The number of carboxylic acids is 1. The molecule has 9 heteroatoms. The van der Waals surface area contributed by atoms with Crippen LogP contribution in [-0.4, -0.2) is 35.5 Å². The third-order valence-electron chi connectivity index (χ3n) is 2.58. The maximum atomic E-state index is 12.4. The molecule has 0 aliphatic rings. The summed E-state index contributed by atoms with van der Waals surface area (Å²) in [6.45, 7) is 0.582. The molecule has 1 rings (SSSR count). The fraction of sp³-hybridized carbons (Fsp3) is 0.357. The summed E-state index contributed by atoms with van der Waals surface area (Å²) >= 11 is 0. The van der Waals surface area contributed by atoms with Gasteiger partial charge in [-0.15, -0.1) is 0 Å². The van der Waals surface area contributed by atoms with Gasteiger partial charge in [-0.25, -0.2) is 4.79 Å². The lowest BCUT2D eigenvalue weighted by atomic mass is 10.2. The zero-order valence-corrected chi connectivity index (χ0v) is 11.9. The third kappa shape index (κ3) is 6.37. The maximum absolute atomic E-state index is 12.4. The van der Waals surface area contributed by atoms with Crippen molar-refractivity contribution < 1.29 is 42.1 Å². The molecule has 0 aliphatic carbocycles. The molecule has 1 aromatic rings. The van der Waals surface area contributed by atoms with Crippen LogP contribution < -0.4 is 4.74 Å². The van der Waals surface area contributed by atoms with Gasteiger partial charge in [-0.1, -0.05) is 0 Å². The van der Waals surface area contributed by atoms with Gasteiger partial charge in [0.25, 0.3) is 5.78 Å². The Hall–Kier alpha value is -2.58. The minimum Gasteiger partial charge on any atom is -0.490 e. The highest BCUT2D eigenvalue weighted by atomic mass is 19.4. The molecule has 0 aromatic heterocycles. The zero-order valence-electron chi connectivity index (χ0n) is 11.9. The number of carboxylic acid groups (broad SMARTS) is 1. The summed E-state index contributed by atoms with van der Waals surface area (Å²) in [4.78, 5) is 32.3. The van der Waals surface area contributed by atoms with Gasteiger partial charge < -0.3 is 14.6 Å². The fourth-order valence-corrected chi connectivity index (χ4v) is 1.50. The van der Waals surface area contributed by atoms with Crippen molar-refractivity contribution in [3.05, 3.63) is 29.8 Å². The van der Waals surface area contributed by atoms with Crippen molar-refractivity contribution in [3.63, 3.8) is 0 Å². The van der Waals surface area contributed by atoms with Crippen LogP contribution in [0.1, 0.15) is 18.9 Å². The Balaban J connectivity index is 2.47. The highest BCUT2D eigenvalue weighted by Gasteiger charge is 2.30. The maximum Gasteiger partial charge on any atom is 0.416 e. The van der Waals surface area contributed by atoms with Crippen molar-refractivity contribution in [2.45, 2.75) is 25.6 Å². The summed E-state index contributed by atoms with van der Waals surface area (Å²) in [6, 6.07) is 3.90. The van der Waals surface area contributed by atoms with Gasteiger partial charge in [0.05, 0.1) is 12.0 Å². The molecule has 0 bridgehead atoms. The average molecular weight is 334 g/mol. The molecule has 0 heterocycles. The van der Waals surface area contributed by atoms with Crippen LogP contribution in [0.4, 0.5) is 13.2 Å². The number of benzene rings is 1. The predicted octanol–water partition coefficient (Wildman–Crippen LogP) is 2.06. The van der Waals surface area contributed by atoms with Crippen LogP contribution in [0.2, 0.25) is 0 Å². The molecule has 0 spiro atoms. The monoisotopic (exact) mass is 334 g/mol. The van der Waals surface area contributed by atoms with Crippen molar-refractivity contribution in [2.24, 2.45) is 0 Å². The first-order valence-electron chi connectivity index (χ1n) is 6.35. The Bertz CT molecular complexity index is 579. The Morgan fingerprint density at radius 3 is 2.22 bits per heavy atom. The minimum atomic E-state index is -4.45. The molecule has 0 fully saturated rings. The molecule has 1 aromatic carbocycles. The number of aliphatic carboxylic acids is 1. The SMILES string of the molecule is CC(CC(=O)OCC(=O)C(=O)O)Oc1ccc(C(F)(F)F)cc1. The normalized spacial score (nSPS) is 12.3. The van der Waals surface area contributed by atoms with E-state index in [1.54, 1.807) is 0 Å². The van der Waals surface area contributed by atoms with Crippen molar-refractivity contribution >= 4 is 17.7 Å². The molecule has 23 heavy (non-hydrogen) atoms. The molecule has 1 atom stereocenters. The molecule has 0 saturated heterocycles. The van der Waals surface area contributed by atoms with E-state index >= 15 is 0 Å². The van der Waals surface area contributed by atoms with Crippen LogP contribution in [0.15, 0.2) is 24.3 Å². The number of halogens is 3. The summed E-state index contributed by atoms with van der Waals surface area (Å²) in [6.07, 6.45) is -5.49. The van der Waals surface area contributed by atoms with Crippen LogP contribution in [0.3, 0.4) is 0 Å². The highest BCUT2D eigenvalue weighted by Crippen LogP contribution is 2.30. The summed E-state index contributed by atoms with van der Waals surface area (Å²) in [5.74, 6) is -3.72. The number of Topliss-reactive ketones (excluding diaryl/α,β-unsaturated/α-hetero) is 1. The van der Waals surface area contributed by atoms with Crippen LogP contribution in [-0.2, 0) is 25.3 Å². The predicted molar refractivity (Wildman–Crippen MR) is 69.8 cm³/mol. The quantitative estimate of drug-likeness (QED) is 0.606. The van der Waals surface area contributed by atoms with E-state index < -0.39 is 42.2 Å². The van der Waals surface area contributed by atoms with Crippen molar-refractivity contribution in [2.75, 3.05) is 6.61 Å². The fourth-order valence-electron chi connectivity index (χ4n) is 1.50. The van der Waals surface area contributed by atoms with E-state index in [0.29, 0.717) is 0 Å². The van der Waals surface area contributed by atoms with E-state index in [1.807, 2.05) is 0 Å². The van der Waals surface area contributed by atoms with Gasteiger partial charge in [0.1, 0.15) is 11.9 Å². The third-order valence-corrected chi connectivity index (χ3v) is 2.58. The van der Waals surface area contributed by atoms with E-state index in [2.05, 4.69) is 4.74 Å². The molecule has 0 amide bonds. The molecular formula is C14H13F3O6. The molecule has 126 valence electrons. The molecule has 0 saturated carbocycles. The lowest BCUT2D eigenvalue weighted by molar-refractivity contribution is -0.156. The van der Waals surface area contributed by atoms with Crippen molar-refractivity contribution in [1.82, 2.24) is 0 Å².